The number of carbonyl (C=O) groups is 1. The summed E-state index contributed by atoms with van der Waals surface area (Å²) in [6, 6.07) is 4.08. The largest absolute Gasteiger partial charge is 0.321 e. The van der Waals surface area contributed by atoms with Gasteiger partial charge in [-0.2, -0.15) is 0 Å². The summed E-state index contributed by atoms with van der Waals surface area (Å²) in [7, 11) is 0. The van der Waals surface area contributed by atoms with E-state index in [1.165, 1.54) is 35.5 Å². The molecular weight excluding hydrogens is 358 g/mol. The molecule has 2 heterocycles. The van der Waals surface area contributed by atoms with E-state index < -0.39 is 0 Å². The molecule has 0 saturated heterocycles. The van der Waals surface area contributed by atoms with Gasteiger partial charge in [0, 0.05) is 5.69 Å². The molecule has 2 N–H and O–H groups in total. The Morgan fingerprint density at radius 2 is 1.84 bits per heavy atom. The minimum absolute atomic E-state index is 0.196. The summed E-state index contributed by atoms with van der Waals surface area (Å²) in [5, 5.41) is 6.77. The minimum Gasteiger partial charge on any atom is -0.321 e. The van der Waals surface area contributed by atoms with Gasteiger partial charge in [-0.3, -0.25) is 9.78 Å². The van der Waals surface area contributed by atoms with Gasteiger partial charge in [0.2, 0.25) is 0 Å². The van der Waals surface area contributed by atoms with Gasteiger partial charge >= 0.3 is 0 Å². The Morgan fingerprint density at radius 3 is 2.52 bits per heavy atom. The lowest BCUT2D eigenvalue weighted by atomic mass is 10.1. The van der Waals surface area contributed by atoms with Crippen LogP contribution in [0.4, 0.5) is 16.6 Å². The maximum atomic E-state index is 12.5. The van der Waals surface area contributed by atoms with Crippen molar-refractivity contribution < 1.29 is 4.79 Å². The van der Waals surface area contributed by atoms with Crippen LogP contribution in [0.2, 0.25) is 5.15 Å². The fraction of sp³-hybridized carbons (Fsp3) is 0.176. The van der Waals surface area contributed by atoms with Crippen molar-refractivity contribution in [2.24, 2.45) is 0 Å². The van der Waals surface area contributed by atoms with E-state index in [-0.39, 0.29) is 11.1 Å². The van der Waals surface area contributed by atoms with Crippen LogP contribution in [-0.4, -0.2) is 20.9 Å². The predicted octanol–water partition coefficient (Wildman–Crippen LogP) is 4.51. The molecule has 0 spiro atoms. The van der Waals surface area contributed by atoms with Crippen molar-refractivity contribution >= 4 is 45.5 Å². The predicted molar refractivity (Wildman–Crippen MR) is 101 cm³/mol. The minimum atomic E-state index is -0.196. The molecular formula is C17H16ClN5OS. The summed E-state index contributed by atoms with van der Waals surface area (Å²) < 4.78 is 0. The van der Waals surface area contributed by atoms with Crippen molar-refractivity contribution in [3.63, 3.8) is 0 Å². The average Bonchev–Trinajstić information content (AvgIpc) is 2.99. The maximum Gasteiger partial charge on any atom is 0.267 e. The van der Waals surface area contributed by atoms with Gasteiger partial charge < -0.3 is 10.6 Å². The van der Waals surface area contributed by atoms with Crippen LogP contribution in [0.25, 0.3) is 0 Å². The van der Waals surface area contributed by atoms with Gasteiger partial charge in [0.15, 0.2) is 10.9 Å². The summed E-state index contributed by atoms with van der Waals surface area (Å²) in [6.45, 7) is 5.99. The summed E-state index contributed by atoms with van der Waals surface area (Å²) in [4.78, 5) is 25.2. The third kappa shape index (κ3) is 4.12. The van der Waals surface area contributed by atoms with Crippen LogP contribution in [0.15, 0.2) is 30.7 Å². The highest BCUT2D eigenvalue weighted by atomic mass is 35.5. The van der Waals surface area contributed by atoms with Crippen LogP contribution in [0, 0.1) is 20.8 Å². The number of aryl methyl sites for hydroxylation is 3. The second kappa shape index (κ2) is 7.16. The van der Waals surface area contributed by atoms with Gasteiger partial charge in [-0.1, -0.05) is 40.6 Å². The number of carbonyl (C=O) groups excluding carboxylic acids is 1. The number of hydrogen-bond donors (Lipinski definition) is 2. The van der Waals surface area contributed by atoms with Crippen molar-refractivity contribution in [2.45, 2.75) is 20.8 Å². The molecule has 1 amide bonds. The highest BCUT2D eigenvalue weighted by Crippen LogP contribution is 2.26. The zero-order chi connectivity index (χ0) is 18.0. The lowest BCUT2D eigenvalue weighted by Gasteiger charge is -2.12. The molecule has 0 bridgehead atoms. The van der Waals surface area contributed by atoms with Gasteiger partial charge in [0.05, 0.1) is 18.6 Å². The zero-order valence-electron chi connectivity index (χ0n) is 13.9. The standard InChI is InChI=1S/C17H16ClN5OS/c1-9-4-10(2)15(11(3)5-9)23-16(24)12-6-20-17(25-12)22-14-8-19-7-13(18)21-14/h4-8H,1-3H3,(H,23,24)(H,20,21,22). The Kier molecular flexibility index (Phi) is 4.96. The molecule has 3 aromatic rings. The third-order valence-corrected chi connectivity index (χ3v) is 4.58. The van der Waals surface area contributed by atoms with Gasteiger partial charge in [0.25, 0.3) is 5.91 Å². The van der Waals surface area contributed by atoms with Crippen LogP contribution in [0.5, 0.6) is 0 Å². The third-order valence-electron chi connectivity index (χ3n) is 3.49. The molecule has 0 aliphatic heterocycles. The number of nitrogens with zero attached hydrogens (tertiary/aromatic N) is 3. The summed E-state index contributed by atoms with van der Waals surface area (Å²) in [6.07, 6.45) is 4.50. The Bertz CT molecular complexity index is 917. The SMILES string of the molecule is Cc1cc(C)c(NC(=O)c2cnc(Nc3cncc(Cl)n3)s2)c(C)c1. The van der Waals surface area contributed by atoms with Crippen LogP contribution < -0.4 is 10.6 Å². The van der Waals surface area contributed by atoms with Crippen molar-refractivity contribution in [3.05, 3.63) is 57.4 Å². The molecule has 0 aliphatic carbocycles. The van der Waals surface area contributed by atoms with E-state index >= 15 is 0 Å². The second-order valence-electron chi connectivity index (χ2n) is 5.61. The molecule has 0 atom stereocenters. The molecule has 0 fully saturated rings. The number of hydrogen-bond acceptors (Lipinski definition) is 6. The number of nitrogens with one attached hydrogen (secondary N) is 2. The molecule has 0 saturated carbocycles. The molecule has 0 radical (unpaired) electrons. The van der Waals surface area contributed by atoms with Crippen LogP contribution >= 0.6 is 22.9 Å². The molecule has 128 valence electrons. The quantitative estimate of drug-likeness (QED) is 0.703. The normalized spacial score (nSPS) is 10.6. The van der Waals surface area contributed by atoms with Crippen LogP contribution in [0.3, 0.4) is 0 Å². The Hall–Kier alpha value is -2.51. The highest BCUT2D eigenvalue weighted by molar-refractivity contribution is 7.17. The number of aromatic nitrogens is 3. The lowest BCUT2D eigenvalue weighted by Crippen LogP contribution is -2.12. The van der Waals surface area contributed by atoms with E-state index in [1.54, 1.807) is 0 Å². The van der Waals surface area contributed by atoms with Crippen LogP contribution in [0.1, 0.15) is 26.4 Å². The first kappa shape index (κ1) is 17.3. The molecule has 6 nitrogen and oxygen atoms in total. The Balaban J connectivity index is 1.75. The zero-order valence-corrected chi connectivity index (χ0v) is 15.5. The second-order valence-corrected chi connectivity index (χ2v) is 7.03. The molecule has 0 aliphatic rings. The monoisotopic (exact) mass is 373 g/mol. The molecule has 8 heteroatoms. The number of anilines is 3. The molecule has 0 unspecified atom stereocenters. The van der Waals surface area contributed by atoms with E-state index in [2.05, 4.69) is 25.6 Å². The smallest absolute Gasteiger partial charge is 0.267 e. The van der Waals surface area contributed by atoms with Crippen molar-refractivity contribution in [3.8, 4) is 0 Å². The Labute approximate surface area is 154 Å². The van der Waals surface area contributed by atoms with Gasteiger partial charge in [-0.15, -0.1) is 0 Å². The number of rotatable bonds is 4. The van der Waals surface area contributed by atoms with Gasteiger partial charge in [0.1, 0.15) is 10.0 Å². The van der Waals surface area contributed by atoms with Crippen LogP contribution in [-0.2, 0) is 0 Å². The molecule has 3 rings (SSSR count). The van der Waals surface area contributed by atoms with Crippen molar-refractivity contribution in [1.29, 1.82) is 0 Å². The van der Waals surface area contributed by atoms with Gasteiger partial charge in [-0.25, -0.2) is 9.97 Å². The van der Waals surface area contributed by atoms with E-state index in [0.29, 0.717) is 15.8 Å². The number of thiazole rings is 1. The first-order valence-electron chi connectivity index (χ1n) is 7.52. The summed E-state index contributed by atoms with van der Waals surface area (Å²) in [5.74, 6) is 0.275. The topological polar surface area (TPSA) is 79.8 Å². The molecule has 2 aromatic heterocycles. The van der Waals surface area contributed by atoms with E-state index in [4.69, 9.17) is 11.6 Å². The fourth-order valence-electron chi connectivity index (χ4n) is 2.50. The van der Waals surface area contributed by atoms with Crippen molar-refractivity contribution in [2.75, 3.05) is 10.6 Å². The number of benzene rings is 1. The van der Waals surface area contributed by atoms with Crippen molar-refractivity contribution in [1.82, 2.24) is 15.0 Å². The average molecular weight is 374 g/mol. The molecule has 25 heavy (non-hydrogen) atoms. The highest BCUT2D eigenvalue weighted by Gasteiger charge is 2.14. The van der Waals surface area contributed by atoms with E-state index in [0.717, 1.165) is 16.8 Å². The first-order chi connectivity index (χ1) is 11.9. The maximum absolute atomic E-state index is 12.5. The summed E-state index contributed by atoms with van der Waals surface area (Å²) >= 11 is 7.03. The summed E-state index contributed by atoms with van der Waals surface area (Å²) in [5.41, 5.74) is 4.06. The molecule has 1 aromatic carbocycles. The Morgan fingerprint density at radius 1 is 1.12 bits per heavy atom. The van der Waals surface area contributed by atoms with E-state index in [1.807, 2.05) is 32.9 Å². The fourth-order valence-corrected chi connectivity index (χ4v) is 3.37. The van der Waals surface area contributed by atoms with E-state index in [9.17, 15) is 4.79 Å². The van der Waals surface area contributed by atoms with Gasteiger partial charge in [-0.05, 0) is 31.9 Å². The number of halogens is 1. The first-order valence-corrected chi connectivity index (χ1v) is 8.71. The lowest BCUT2D eigenvalue weighted by molar-refractivity contribution is 0.103. The number of amides is 1.